The average Bonchev–Trinajstić information content (AvgIpc) is 3.73. The van der Waals surface area contributed by atoms with Crippen LogP contribution in [0.2, 0.25) is 0 Å². The minimum Gasteiger partial charge on any atom is -0.490 e. The molecule has 0 spiro atoms. The van der Waals surface area contributed by atoms with Gasteiger partial charge in [-0.05, 0) is 79.7 Å². The monoisotopic (exact) mass is 747 g/mol. The van der Waals surface area contributed by atoms with Crippen molar-refractivity contribution in [1.82, 2.24) is 20.5 Å². The molecule has 1 aliphatic rings. The summed E-state index contributed by atoms with van der Waals surface area (Å²) in [6.07, 6.45) is 3.77. The highest BCUT2D eigenvalue weighted by atomic mass is 32.1. The highest BCUT2D eigenvalue weighted by molar-refractivity contribution is 7.13. The van der Waals surface area contributed by atoms with Gasteiger partial charge < -0.3 is 31.1 Å². The van der Waals surface area contributed by atoms with E-state index in [0.29, 0.717) is 19.3 Å². The summed E-state index contributed by atoms with van der Waals surface area (Å²) in [5.74, 6) is -0.251. The minimum atomic E-state index is -0.859. The Morgan fingerprint density at radius 1 is 1.04 bits per heavy atom. The number of nitrogens with two attached hydrogens (primary N) is 1. The Hall–Kier alpha value is -4.29. The van der Waals surface area contributed by atoms with Gasteiger partial charge in [0.05, 0.1) is 28.3 Å². The predicted molar refractivity (Wildman–Crippen MR) is 208 cm³/mol. The molecule has 0 bridgehead atoms. The summed E-state index contributed by atoms with van der Waals surface area (Å²) in [7, 11) is 0. The standard InChI is InChI=1S/C41H57N5O6S/c1-26(15-20-35(42)48)28(3)52-33-13-10-12-29(21-33)11-8-7-9-14-36(49)45-38(41(4,5)6)40(51)46-24-32(47)22-34(46)39(50)43-23-30-16-18-31(19-17-30)37-27(2)44-25-53-37/h10,12-13,16-19,21,25-26,28,32,34,38,47H,7-9,11,14-15,20,22-24H2,1-6H3,(H2,42,48)(H,43,50)(H,45,49)/t26-,28+,32+,34-,38+/m0/s1. The van der Waals surface area contributed by atoms with Crippen molar-refractivity contribution in [3.63, 3.8) is 0 Å². The molecular weight excluding hydrogens is 691 g/mol. The Labute approximate surface area is 318 Å². The smallest absolute Gasteiger partial charge is 0.246 e. The molecule has 12 heteroatoms. The summed E-state index contributed by atoms with van der Waals surface area (Å²) in [5.41, 5.74) is 10.6. The number of nitrogens with zero attached hydrogens (tertiary/aromatic N) is 2. The Bertz CT molecular complexity index is 1690. The van der Waals surface area contributed by atoms with Gasteiger partial charge in [0.2, 0.25) is 23.6 Å². The molecular formula is C41H57N5O6S. The van der Waals surface area contributed by atoms with Crippen LogP contribution in [0.15, 0.2) is 54.0 Å². The van der Waals surface area contributed by atoms with Crippen LogP contribution < -0.4 is 21.1 Å². The maximum absolute atomic E-state index is 14.0. The second kappa shape index (κ2) is 19.2. The molecule has 0 aliphatic carbocycles. The van der Waals surface area contributed by atoms with Crippen LogP contribution in [0.3, 0.4) is 0 Å². The van der Waals surface area contributed by atoms with E-state index in [-0.39, 0.29) is 61.6 Å². The van der Waals surface area contributed by atoms with Gasteiger partial charge in [0, 0.05) is 32.4 Å². The Morgan fingerprint density at radius 3 is 2.43 bits per heavy atom. The molecule has 2 aromatic carbocycles. The fourth-order valence-electron chi connectivity index (χ4n) is 6.51. The number of aliphatic hydroxyl groups excluding tert-OH is 1. The van der Waals surface area contributed by atoms with Crippen LogP contribution in [-0.2, 0) is 32.1 Å². The Morgan fingerprint density at radius 2 is 1.77 bits per heavy atom. The van der Waals surface area contributed by atoms with Gasteiger partial charge in [-0.2, -0.15) is 0 Å². The van der Waals surface area contributed by atoms with E-state index in [1.54, 1.807) is 11.3 Å². The molecule has 0 unspecified atom stereocenters. The second-order valence-electron chi connectivity index (χ2n) is 15.5. The fraction of sp³-hybridized carbons (Fsp3) is 0.537. The molecule has 0 radical (unpaired) electrons. The zero-order chi connectivity index (χ0) is 38.7. The van der Waals surface area contributed by atoms with Crippen molar-refractivity contribution >= 4 is 35.0 Å². The fourth-order valence-corrected chi connectivity index (χ4v) is 7.33. The summed E-state index contributed by atoms with van der Waals surface area (Å²) >= 11 is 1.58. The largest absolute Gasteiger partial charge is 0.490 e. The third kappa shape index (κ3) is 12.4. The third-order valence-electron chi connectivity index (χ3n) is 9.95. The lowest BCUT2D eigenvalue weighted by Crippen LogP contribution is -2.57. The van der Waals surface area contributed by atoms with Crippen LogP contribution >= 0.6 is 11.3 Å². The molecule has 1 aliphatic heterocycles. The summed E-state index contributed by atoms with van der Waals surface area (Å²) in [6.45, 7) is 12.0. The highest BCUT2D eigenvalue weighted by Gasteiger charge is 2.44. The zero-order valence-corrected chi connectivity index (χ0v) is 32.8. The number of aromatic nitrogens is 1. The first-order valence-electron chi connectivity index (χ1n) is 18.7. The first kappa shape index (κ1) is 41.5. The molecule has 1 saturated heterocycles. The molecule has 5 atom stereocenters. The average molecular weight is 748 g/mol. The number of benzene rings is 2. The topological polar surface area (TPSA) is 164 Å². The molecule has 0 saturated carbocycles. The number of carbonyl (C=O) groups is 4. The van der Waals surface area contributed by atoms with Gasteiger partial charge in [0.15, 0.2) is 0 Å². The Balaban J connectivity index is 1.24. The zero-order valence-electron chi connectivity index (χ0n) is 32.0. The van der Waals surface area contributed by atoms with Crippen LogP contribution in [0, 0.1) is 18.3 Å². The van der Waals surface area contributed by atoms with Gasteiger partial charge in [0.25, 0.3) is 0 Å². The number of carbonyl (C=O) groups excluding carboxylic acids is 4. The van der Waals surface area contributed by atoms with E-state index in [2.05, 4.69) is 21.7 Å². The minimum absolute atomic E-state index is 0.0295. The van der Waals surface area contributed by atoms with E-state index in [1.807, 2.05) is 89.5 Å². The van der Waals surface area contributed by atoms with Crippen LogP contribution in [0.25, 0.3) is 10.4 Å². The quantitative estimate of drug-likeness (QED) is 0.121. The molecule has 3 aromatic rings. The number of nitrogens with one attached hydrogen (secondary N) is 2. The number of hydrogen-bond acceptors (Lipinski definition) is 8. The van der Waals surface area contributed by atoms with E-state index in [9.17, 15) is 24.3 Å². The van der Waals surface area contributed by atoms with Gasteiger partial charge in [-0.25, -0.2) is 4.98 Å². The van der Waals surface area contributed by atoms with Crippen molar-refractivity contribution < 1.29 is 29.0 Å². The number of amides is 4. The molecule has 4 amide bonds. The number of thiazole rings is 1. The maximum Gasteiger partial charge on any atom is 0.246 e. The SMILES string of the molecule is Cc1ncsc1-c1ccc(CNC(=O)[C@@H]2C[C@@H](O)CN2C(=O)[C@@H](NC(=O)CCCCCc2cccc(O[C@H](C)[C@@H](C)CCC(N)=O)c2)C(C)(C)C)cc1. The van der Waals surface area contributed by atoms with Crippen molar-refractivity contribution in [3.05, 3.63) is 70.9 Å². The first-order chi connectivity index (χ1) is 25.1. The van der Waals surface area contributed by atoms with E-state index >= 15 is 0 Å². The van der Waals surface area contributed by atoms with Gasteiger partial charge >= 0.3 is 0 Å². The number of β-amino-alcohol motifs (C(OH)–C–C–N with tert-alkyl or cyclic N) is 1. The van der Waals surface area contributed by atoms with Crippen molar-refractivity contribution in [1.29, 1.82) is 0 Å². The van der Waals surface area contributed by atoms with E-state index < -0.39 is 23.6 Å². The molecule has 2 heterocycles. The van der Waals surface area contributed by atoms with Crippen LogP contribution in [0.1, 0.15) is 96.4 Å². The normalized spacial score (nSPS) is 17.5. The number of ether oxygens (including phenoxy) is 1. The first-order valence-corrected chi connectivity index (χ1v) is 19.6. The van der Waals surface area contributed by atoms with Crippen LogP contribution in [-0.4, -0.2) is 69.5 Å². The van der Waals surface area contributed by atoms with Gasteiger partial charge in [-0.1, -0.05) is 70.5 Å². The third-order valence-corrected chi connectivity index (χ3v) is 10.9. The van der Waals surface area contributed by atoms with Gasteiger partial charge in [0.1, 0.15) is 17.8 Å². The van der Waals surface area contributed by atoms with Crippen molar-refractivity contribution in [2.75, 3.05) is 6.54 Å². The van der Waals surface area contributed by atoms with Crippen molar-refractivity contribution in [3.8, 4) is 16.2 Å². The Kier molecular flexibility index (Phi) is 15.0. The molecule has 53 heavy (non-hydrogen) atoms. The maximum atomic E-state index is 14.0. The molecule has 288 valence electrons. The highest BCUT2D eigenvalue weighted by Crippen LogP contribution is 2.29. The summed E-state index contributed by atoms with van der Waals surface area (Å²) in [5, 5.41) is 16.4. The lowest BCUT2D eigenvalue weighted by molar-refractivity contribution is -0.144. The summed E-state index contributed by atoms with van der Waals surface area (Å²) in [4.78, 5) is 58.4. The number of primary amides is 1. The van der Waals surface area contributed by atoms with E-state index in [0.717, 1.165) is 52.3 Å². The lowest BCUT2D eigenvalue weighted by atomic mass is 9.85. The molecule has 1 aromatic heterocycles. The number of unbranched alkanes of at least 4 members (excludes halogenated alkanes) is 2. The number of aliphatic hydroxyl groups is 1. The molecule has 11 nitrogen and oxygen atoms in total. The van der Waals surface area contributed by atoms with Crippen LogP contribution in [0.5, 0.6) is 5.75 Å². The van der Waals surface area contributed by atoms with E-state index in [4.69, 9.17) is 10.5 Å². The number of rotatable bonds is 18. The lowest BCUT2D eigenvalue weighted by Gasteiger charge is -2.35. The van der Waals surface area contributed by atoms with Crippen molar-refractivity contribution in [2.24, 2.45) is 17.1 Å². The van der Waals surface area contributed by atoms with E-state index in [1.165, 1.54) is 4.90 Å². The number of likely N-dealkylation sites (tertiary alicyclic amines) is 1. The second-order valence-corrected chi connectivity index (χ2v) is 16.3. The summed E-state index contributed by atoms with van der Waals surface area (Å²) in [6, 6.07) is 14.2. The van der Waals surface area contributed by atoms with Gasteiger partial charge in [-0.15, -0.1) is 11.3 Å². The van der Waals surface area contributed by atoms with Gasteiger partial charge in [-0.3, -0.25) is 19.2 Å². The number of aryl methyl sites for hydroxylation is 2. The molecule has 4 rings (SSSR count). The van der Waals surface area contributed by atoms with Crippen LogP contribution in [0.4, 0.5) is 0 Å². The summed E-state index contributed by atoms with van der Waals surface area (Å²) < 4.78 is 6.13. The molecule has 5 N–H and O–H groups in total. The predicted octanol–water partition coefficient (Wildman–Crippen LogP) is 5.70. The molecule has 1 fully saturated rings. The van der Waals surface area contributed by atoms with Crippen molar-refractivity contribution in [2.45, 2.75) is 124 Å². The number of hydrogen-bond donors (Lipinski definition) is 4.